The Hall–Kier alpha value is -3.72. The number of para-hydroxylation sites is 3. The van der Waals surface area contributed by atoms with Crippen LogP contribution in [0.25, 0.3) is 17.1 Å². The van der Waals surface area contributed by atoms with Gasteiger partial charge >= 0.3 is 0 Å². The zero-order valence-electron chi connectivity index (χ0n) is 16.5. The van der Waals surface area contributed by atoms with Crippen molar-refractivity contribution in [1.82, 2.24) is 19.7 Å². The molecule has 4 aromatic rings. The molecular weight excluding hydrogens is 417 g/mol. The lowest BCUT2D eigenvalue weighted by Crippen LogP contribution is -2.15. The molecule has 2 heterocycles. The van der Waals surface area contributed by atoms with Gasteiger partial charge in [0.15, 0.2) is 11.0 Å². The lowest BCUT2D eigenvalue weighted by molar-refractivity contribution is -0.113. The van der Waals surface area contributed by atoms with E-state index in [0.717, 1.165) is 11.3 Å². The number of aromatic nitrogens is 4. The number of benzene rings is 2. The number of nitrogens with one attached hydrogen (secondary N) is 1. The summed E-state index contributed by atoms with van der Waals surface area (Å²) < 4.78 is 21.1. The van der Waals surface area contributed by atoms with Crippen molar-refractivity contribution < 1.29 is 13.9 Å². The van der Waals surface area contributed by atoms with Gasteiger partial charge in [0.2, 0.25) is 5.91 Å². The standard InChI is InChI=1S/C22H18FN5O2S/c1-30-19-11-5-4-10-18(19)28-21(15-7-6-12-24-13-15)26-27-22(28)31-14-20(29)25-17-9-3-2-8-16(17)23/h2-13H,14H2,1H3,(H,25,29). The van der Waals surface area contributed by atoms with Crippen molar-refractivity contribution in [2.75, 3.05) is 18.2 Å². The van der Waals surface area contributed by atoms with Crippen molar-refractivity contribution in [3.8, 4) is 22.8 Å². The molecule has 2 aromatic heterocycles. The minimum atomic E-state index is -0.489. The average molecular weight is 435 g/mol. The third kappa shape index (κ3) is 4.56. The van der Waals surface area contributed by atoms with Crippen molar-refractivity contribution in [2.24, 2.45) is 0 Å². The Bertz CT molecular complexity index is 1200. The van der Waals surface area contributed by atoms with Gasteiger partial charge in [-0.25, -0.2) is 4.39 Å². The zero-order chi connectivity index (χ0) is 21.6. The molecule has 0 saturated heterocycles. The van der Waals surface area contributed by atoms with Gasteiger partial charge in [0.25, 0.3) is 0 Å². The van der Waals surface area contributed by atoms with E-state index < -0.39 is 5.82 Å². The molecule has 2 aromatic carbocycles. The highest BCUT2D eigenvalue weighted by Crippen LogP contribution is 2.32. The van der Waals surface area contributed by atoms with Gasteiger partial charge in [-0.2, -0.15) is 0 Å². The molecule has 7 nitrogen and oxygen atoms in total. The predicted octanol–water partition coefficient (Wildman–Crippen LogP) is 4.21. The monoisotopic (exact) mass is 435 g/mol. The highest BCUT2D eigenvalue weighted by molar-refractivity contribution is 7.99. The number of hydrogen-bond donors (Lipinski definition) is 1. The van der Waals surface area contributed by atoms with Gasteiger partial charge in [-0.3, -0.25) is 14.3 Å². The maximum atomic E-state index is 13.8. The molecule has 0 spiro atoms. The predicted molar refractivity (Wildman–Crippen MR) is 117 cm³/mol. The average Bonchev–Trinajstić information content (AvgIpc) is 3.23. The molecule has 1 amide bonds. The molecule has 1 N–H and O–H groups in total. The number of amides is 1. The molecule has 0 bridgehead atoms. The van der Waals surface area contributed by atoms with E-state index in [1.54, 1.807) is 31.6 Å². The number of hydrogen-bond acceptors (Lipinski definition) is 6. The van der Waals surface area contributed by atoms with Gasteiger partial charge in [0.05, 0.1) is 24.2 Å². The molecule has 9 heteroatoms. The van der Waals surface area contributed by atoms with Crippen LogP contribution in [0.15, 0.2) is 78.2 Å². The minimum Gasteiger partial charge on any atom is -0.495 e. The largest absolute Gasteiger partial charge is 0.495 e. The molecule has 0 radical (unpaired) electrons. The van der Waals surface area contributed by atoms with Crippen molar-refractivity contribution >= 4 is 23.4 Å². The maximum Gasteiger partial charge on any atom is 0.234 e. The van der Waals surface area contributed by atoms with Crippen molar-refractivity contribution in [1.29, 1.82) is 0 Å². The van der Waals surface area contributed by atoms with Crippen LogP contribution in [0.3, 0.4) is 0 Å². The summed E-state index contributed by atoms with van der Waals surface area (Å²) >= 11 is 1.19. The highest BCUT2D eigenvalue weighted by atomic mass is 32.2. The van der Waals surface area contributed by atoms with Crippen LogP contribution in [-0.2, 0) is 4.79 Å². The van der Waals surface area contributed by atoms with Crippen molar-refractivity contribution in [3.05, 3.63) is 78.9 Å². The van der Waals surface area contributed by atoms with Crippen LogP contribution in [0.1, 0.15) is 0 Å². The summed E-state index contributed by atoms with van der Waals surface area (Å²) in [7, 11) is 1.58. The van der Waals surface area contributed by atoms with Crippen LogP contribution in [0.2, 0.25) is 0 Å². The van der Waals surface area contributed by atoms with Crippen LogP contribution in [-0.4, -0.2) is 38.5 Å². The Morgan fingerprint density at radius 2 is 1.90 bits per heavy atom. The number of carbonyl (C=O) groups excluding carboxylic acids is 1. The Labute approximate surface area is 182 Å². The lowest BCUT2D eigenvalue weighted by Gasteiger charge is -2.13. The van der Waals surface area contributed by atoms with E-state index in [1.165, 1.54) is 23.9 Å². The Morgan fingerprint density at radius 3 is 2.68 bits per heavy atom. The van der Waals surface area contributed by atoms with Crippen LogP contribution in [0.4, 0.5) is 10.1 Å². The van der Waals surface area contributed by atoms with E-state index in [1.807, 2.05) is 41.0 Å². The third-order valence-corrected chi connectivity index (χ3v) is 5.29. The van der Waals surface area contributed by atoms with Crippen LogP contribution in [0.5, 0.6) is 5.75 Å². The molecule has 0 aliphatic rings. The molecule has 0 aliphatic heterocycles. The van der Waals surface area contributed by atoms with Crippen molar-refractivity contribution in [2.45, 2.75) is 5.16 Å². The molecular formula is C22H18FN5O2S. The van der Waals surface area contributed by atoms with Crippen LogP contribution >= 0.6 is 11.8 Å². The molecule has 4 rings (SSSR count). The van der Waals surface area contributed by atoms with Gasteiger partial charge in [0, 0.05) is 18.0 Å². The number of methoxy groups -OCH3 is 1. The van der Waals surface area contributed by atoms with E-state index in [0.29, 0.717) is 16.7 Å². The fraction of sp³-hybridized carbons (Fsp3) is 0.0909. The first kappa shape index (κ1) is 20.5. The zero-order valence-corrected chi connectivity index (χ0v) is 17.3. The van der Waals surface area contributed by atoms with E-state index in [9.17, 15) is 9.18 Å². The van der Waals surface area contributed by atoms with E-state index in [4.69, 9.17) is 4.74 Å². The molecule has 0 unspecified atom stereocenters. The van der Waals surface area contributed by atoms with Gasteiger partial charge in [-0.15, -0.1) is 10.2 Å². The molecule has 0 atom stereocenters. The van der Waals surface area contributed by atoms with E-state index in [2.05, 4.69) is 20.5 Å². The first-order valence-corrected chi connectivity index (χ1v) is 10.3. The first-order valence-electron chi connectivity index (χ1n) is 9.33. The summed E-state index contributed by atoms with van der Waals surface area (Å²) in [4.78, 5) is 16.6. The fourth-order valence-electron chi connectivity index (χ4n) is 2.96. The number of thioether (sulfide) groups is 1. The van der Waals surface area contributed by atoms with Crippen molar-refractivity contribution in [3.63, 3.8) is 0 Å². The Balaban J connectivity index is 1.64. The molecule has 31 heavy (non-hydrogen) atoms. The highest BCUT2D eigenvalue weighted by Gasteiger charge is 2.20. The minimum absolute atomic E-state index is 0.0225. The normalized spacial score (nSPS) is 10.6. The second kappa shape index (κ2) is 9.40. The van der Waals surface area contributed by atoms with E-state index >= 15 is 0 Å². The number of carbonyl (C=O) groups is 1. The number of rotatable bonds is 7. The summed E-state index contributed by atoms with van der Waals surface area (Å²) in [6.07, 6.45) is 3.37. The van der Waals surface area contributed by atoms with E-state index in [-0.39, 0.29) is 17.3 Å². The second-order valence-corrected chi connectivity index (χ2v) is 7.31. The summed E-state index contributed by atoms with van der Waals surface area (Å²) in [5.74, 6) is 0.374. The number of nitrogens with zero attached hydrogens (tertiary/aromatic N) is 4. The number of anilines is 1. The van der Waals surface area contributed by atoms with Gasteiger partial charge in [-0.05, 0) is 36.4 Å². The third-order valence-electron chi connectivity index (χ3n) is 4.36. The van der Waals surface area contributed by atoms with Gasteiger partial charge in [-0.1, -0.05) is 36.0 Å². The number of ether oxygens (including phenoxy) is 1. The molecule has 0 aliphatic carbocycles. The van der Waals surface area contributed by atoms with Gasteiger partial charge < -0.3 is 10.1 Å². The molecule has 0 fully saturated rings. The SMILES string of the molecule is COc1ccccc1-n1c(SCC(=O)Nc2ccccc2F)nnc1-c1cccnc1. The Morgan fingerprint density at radius 1 is 1.10 bits per heavy atom. The second-order valence-electron chi connectivity index (χ2n) is 6.37. The summed E-state index contributed by atoms with van der Waals surface area (Å²) in [5.41, 5.74) is 1.63. The Kier molecular flexibility index (Phi) is 6.23. The fourth-order valence-corrected chi connectivity index (χ4v) is 3.70. The molecule has 0 saturated carbocycles. The van der Waals surface area contributed by atoms with Gasteiger partial charge in [0.1, 0.15) is 11.6 Å². The number of halogens is 1. The smallest absolute Gasteiger partial charge is 0.234 e. The maximum absolute atomic E-state index is 13.8. The van der Waals surface area contributed by atoms with Crippen LogP contribution < -0.4 is 10.1 Å². The summed E-state index contributed by atoms with van der Waals surface area (Å²) in [5, 5.41) is 11.7. The first-order chi connectivity index (χ1) is 15.2. The summed E-state index contributed by atoms with van der Waals surface area (Å²) in [6.45, 7) is 0. The topological polar surface area (TPSA) is 81.9 Å². The number of pyridine rings is 1. The lowest BCUT2D eigenvalue weighted by atomic mass is 10.2. The molecule has 156 valence electrons. The quantitative estimate of drug-likeness (QED) is 0.438. The summed E-state index contributed by atoms with van der Waals surface area (Å²) in [6, 6.07) is 17.2. The van der Waals surface area contributed by atoms with Crippen LogP contribution in [0, 0.1) is 5.82 Å².